The predicted molar refractivity (Wildman–Crippen MR) is 73.5 cm³/mol. The van der Waals surface area contributed by atoms with Crippen molar-refractivity contribution in [1.29, 1.82) is 0 Å². The molecule has 5 nitrogen and oxygen atoms in total. The van der Waals surface area contributed by atoms with Crippen molar-refractivity contribution < 1.29 is 23.5 Å². The van der Waals surface area contributed by atoms with Crippen LogP contribution in [0.3, 0.4) is 0 Å². The number of aliphatic hydroxyl groups excluding tert-OH is 1. The molecule has 1 rings (SSSR count). The Morgan fingerprint density at radius 3 is 2.19 bits per heavy atom. The summed E-state index contributed by atoms with van der Waals surface area (Å²) >= 11 is 0. The smallest absolute Gasteiger partial charge is 0.313 e. The van der Waals surface area contributed by atoms with Gasteiger partial charge in [-0.2, -0.15) is 0 Å². The van der Waals surface area contributed by atoms with Crippen molar-refractivity contribution in [1.82, 2.24) is 5.32 Å². The Bertz CT molecular complexity index is 501. The van der Waals surface area contributed by atoms with E-state index in [0.717, 1.165) is 12.1 Å². The van der Waals surface area contributed by atoms with Gasteiger partial charge in [-0.3, -0.25) is 9.59 Å². The van der Waals surface area contributed by atoms with Gasteiger partial charge in [0.15, 0.2) is 0 Å². The lowest BCUT2D eigenvalue weighted by molar-refractivity contribution is -0.136. The SMILES string of the molecule is CC(C)C(CCO)NC(=O)C(=O)Nc1cc(F)cc(F)c1. The summed E-state index contributed by atoms with van der Waals surface area (Å²) in [5, 5.41) is 13.5. The molecule has 0 saturated carbocycles. The maximum Gasteiger partial charge on any atom is 0.313 e. The molecule has 0 bridgehead atoms. The summed E-state index contributed by atoms with van der Waals surface area (Å²) in [5.74, 6) is -3.63. The number of amides is 2. The van der Waals surface area contributed by atoms with Crippen LogP contribution >= 0.6 is 0 Å². The molecular weight excluding hydrogens is 282 g/mol. The highest BCUT2D eigenvalue weighted by Crippen LogP contribution is 2.13. The molecule has 1 aromatic rings. The fraction of sp³-hybridized carbons (Fsp3) is 0.429. The van der Waals surface area contributed by atoms with Crippen LogP contribution in [0, 0.1) is 17.6 Å². The summed E-state index contributed by atoms with van der Waals surface area (Å²) in [5.41, 5.74) is -0.143. The number of halogens is 2. The number of aliphatic hydroxyl groups is 1. The highest BCUT2D eigenvalue weighted by molar-refractivity contribution is 6.39. The van der Waals surface area contributed by atoms with Crippen molar-refractivity contribution in [3.8, 4) is 0 Å². The summed E-state index contributed by atoms with van der Waals surface area (Å²) in [7, 11) is 0. The predicted octanol–water partition coefficient (Wildman–Crippen LogP) is 1.43. The molecule has 0 spiro atoms. The van der Waals surface area contributed by atoms with Crippen LogP contribution < -0.4 is 10.6 Å². The number of carbonyl (C=O) groups is 2. The second-order valence-electron chi connectivity index (χ2n) is 4.95. The second kappa shape index (κ2) is 7.68. The summed E-state index contributed by atoms with van der Waals surface area (Å²) in [6.07, 6.45) is 0.311. The zero-order valence-electron chi connectivity index (χ0n) is 11.8. The third-order valence-electron chi connectivity index (χ3n) is 2.89. The highest BCUT2D eigenvalue weighted by Gasteiger charge is 2.21. The monoisotopic (exact) mass is 300 g/mol. The van der Waals surface area contributed by atoms with Gasteiger partial charge in [0.25, 0.3) is 0 Å². The molecule has 1 unspecified atom stereocenters. The first kappa shape index (κ1) is 17.0. The Kier molecular flexibility index (Phi) is 6.23. The first-order chi connectivity index (χ1) is 9.83. The van der Waals surface area contributed by atoms with Gasteiger partial charge in [-0.05, 0) is 24.5 Å². The Morgan fingerprint density at radius 1 is 1.14 bits per heavy atom. The van der Waals surface area contributed by atoms with E-state index >= 15 is 0 Å². The van der Waals surface area contributed by atoms with E-state index in [4.69, 9.17) is 5.11 Å². The summed E-state index contributed by atoms with van der Waals surface area (Å²) in [4.78, 5) is 23.4. The molecule has 21 heavy (non-hydrogen) atoms. The fourth-order valence-corrected chi connectivity index (χ4v) is 1.76. The molecule has 0 aliphatic carbocycles. The van der Waals surface area contributed by atoms with Crippen molar-refractivity contribution in [2.75, 3.05) is 11.9 Å². The van der Waals surface area contributed by atoms with Gasteiger partial charge in [0.2, 0.25) is 0 Å². The minimum absolute atomic E-state index is 0.0283. The average Bonchev–Trinajstić information content (AvgIpc) is 2.36. The summed E-state index contributed by atoms with van der Waals surface area (Å²) in [6, 6.07) is 2.10. The van der Waals surface area contributed by atoms with E-state index in [0.29, 0.717) is 12.5 Å². The molecule has 0 radical (unpaired) electrons. The Labute approximate surface area is 121 Å². The van der Waals surface area contributed by atoms with Gasteiger partial charge in [0, 0.05) is 24.4 Å². The van der Waals surface area contributed by atoms with Crippen LogP contribution in [0.1, 0.15) is 20.3 Å². The lowest BCUT2D eigenvalue weighted by Gasteiger charge is -2.21. The standard InChI is InChI=1S/C14H18F2N2O3/c1-8(2)12(3-4-19)18-14(21)13(20)17-11-6-9(15)5-10(16)7-11/h5-8,12,19H,3-4H2,1-2H3,(H,17,20)(H,18,21). The van der Waals surface area contributed by atoms with Crippen LogP contribution in [0.2, 0.25) is 0 Å². The van der Waals surface area contributed by atoms with E-state index in [1.54, 1.807) is 0 Å². The van der Waals surface area contributed by atoms with Gasteiger partial charge in [0.05, 0.1) is 0 Å². The lowest BCUT2D eigenvalue weighted by atomic mass is 10.0. The lowest BCUT2D eigenvalue weighted by Crippen LogP contribution is -2.44. The molecule has 2 amide bonds. The normalized spacial score (nSPS) is 12.1. The van der Waals surface area contributed by atoms with Crippen LogP contribution in [0.5, 0.6) is 0 Å². The molecule has 0 aromatic heterocycles. The van der Waals surface area contributed by atoms with E-state index < -0.39 is 23.4 Å². The second-order valence-corrected chi connectivity index (χ2v) is 4.95. The first-order valence-electron chi connectivity index (χ1n) is 6.52. The number of carbonyl (C=O) groups excluding carboxylic acids is 2. The van der Waals surface area contributed by atoms with Crippen LogP contribution in [0.25, 0.3) is 0 Å². The van der Waals surface area contributed by atoms with Crippen LogP contribution in [0.15, 0.2) is 18.2 Å². The molecule has 1 aromatic carbocycles. The molecule has 0 saturated heterocycles. The van der Waals surface area contributed by atoms with Gasteiger partial charge in [-0.25, -0.2) is 8.78 Å². The molecule has 7 heteroatoms. The van der Waals surface area contributed by atoms with Crippen molar-refractivity contribution in [2.24, 2.45) is 5.92 Å². The maximum absolute atomic E-state index is 13.0. The summed E-state index contributed by atoms with van der Waals surface area (Å²) < 4.78 is 26.0. The highest BCUT2D eigenvalue weighted by atomic mass is 19.1. The molecule has 0 aliphatic rings. The Hall–Kier alpha value is -2.02. The average molecular weight is 300 g/mol. The van der Waals surface area contributed by atoms with Gasteiger partial charge >= 0.3 is 11.8 Å². The zero-order valence-corrected chi connectivity index (χ0v) is 11.8. The number of nitrogens with one attached hydrogen (secondary N) is 2. The van der Waals surface area contributed by atoms with E-state index in [9.17, 15) is 18.4 Å². The quantitative estimate of drug-likeness (QED) is 0.720. The van der Waals surface area contributed by atoms with Gasteiger partial charge < -0.3 is 15.7 Å². The number of anilines is 1. The topological polar surface area (TPSA) is 78.4 Å². The molecule has 116 valence electrons. The molecule has 0 aliphatic heterocycles. The van der Waals surface area contributed by atoms with E-state index in [1.165, 1.54) is 0 Å². The number of rotatable bonds is 5. The van der Waals surface area contributed by atoms with Crippen molar-refractivity contribution >= 4 is 17.5 Å². The van der Waals surface area contributed by atoms with Crippen LogP contribution in [0.4, 0.5) is 14.5 Å². The largest absolute Gasteiger partial charge is 0.396 e. The minimum Gasteiger partial charge on any atom is -0.396 e. The minimum atomic E-state index is -1.02. The molecule has 3 N–H and O–H groups in total. The number of hydrogen-bond acceptors (Lipinski definition) is 3. The van der Waals surface area contributed by atoms with Crippen LogP contribution in [-0.4, -0.2) is 29.6 Å². The van der Waals surface area contributed by atoms with Crippen LogP contribution in [-0.2, 0) is 9.59 Å². The molecule has 0 heterocycles. The summed E-state index contributed by atoms with van der Waals surface area (Å²) in [6.45, 7) is 3.54. The van der Waals surface area contributed by atoms with Crippen molar-refractivity contribution in [2.45, 2.75) is 26.3 Å². The van der Waals surface area contributed by atoms with E-state index in [2.05, 4.69) is 10.6 Å². The van der Waals surface area contributed by atoms with Gasteiger partial charge in [-0.15, -0.1) is 0 Å². The maximum atomic E-state index is 13.0. The van der Waals surface area contributed by atoms with Crippen molar-refractivity contribution in [3.63, 3.8) is 0 Å². The first-order valence-corrected chi connectivity index (χ1v) is 6.52. The van der Waals surface area contributed by atoms with E-state index in [1.807, 2.05) is 13.8 Å². The Balaban J connectivity index is 2.67. The molecule has 0 fully saturated rings. The molecular formula is C14H18F2N2O3. The third kappa shape index (κ3) is 5.47. The third-order valence-corrected chi connectivity index (χ3v) is 2.89. The van der Waals surface area contributed by atoms with E-state index in [-0.39, 0.29) is 24.3 Å². The number of benzene rings is 1. The number of hydrogen-bond donors (Lipinski definition) is 3. The fourth-order valence-electron chi connectivity index (χ4n) is 1.76. The Morgan fingerprint density at radius 2 is 1.71 bits per heavy atom. The molecule has 1 atom stereocenters. The van der Waals surface area contributed by atoms with Gasteiger partial charge in [0.1, 0.15) is 11.6 Å². The van der Waals surface area contributed by atoms with Crippen molar-refractivity contribution in [3.05, 3.63) is 29.8 Å². The van der Waals surface area contributed by atoms with Gasteiger partial charge in [-0.1, -0.05) is 13.8 Å². The zero-order chi connectivity index (χ0) is 16.0.